The molecule has 2 heterocycles. The van der Waals surface area contributed by atoms with Gasteiger partial charge in [-0.3, -0.25) is 4.79 Å². The number of fused-ring (bicyclic) bond motifs is 1. The topological polar surface area (TPSA) is 56.8 Å². The second kappa shape index (κ2) is 4.75. The van der Waals surface area contributed by atoms with Crippen LogP contribution in [0.2, 0.25) is 0 Å². The van der Waals surface area contributed by atoms with Crippen molar-refractivity contribution < 1.29 is 18.8 Å². The van der Waals surface area contributed by atoms with E-state index in [1.165, 1.54) is 0 Å². The minimum atomic E-state index is -0.476. The van der Waals surface area contributed by atoms with Gasteiger partial charge in [-0.2, -0.15) is 0 Å². The molecule has 6 heteroatoms. The number of benzene rings is 1. The van der Waals surface area contributed by atoms with Crippen molar-refractivity contribution in [1.29, 1.82) is 0 Å². The Morgan fingerprint density at radius 2 is 1.81 bits per heavy atom. The predicted molar refractivity (Wildman–Crippen MR) is 80.0 cm³/mol. The van der Waals surface area contributed by atoms with Crippen LogP contribution < -0.4 is 15.5 Å². The Labute approximate surface area is 125 Å². The van der Waals surface area contributed by atoms with Gasteiger partial charge in [-0.15, -0.1) is 0 Å². The first kappa shape index (κ1) is 14.4. The fourth-order valence-corrected chi connectivity index (χ4v) is 2.40. The average molecular weight is 289 g/mol. The van der Waals surface area contributed by atoms with Crippen molar-refractivity contribution >= 4 is 18.5 Å². The highest BCUT2D eigenvalue weighted by Crippen LogP contribution is 2.36. The molecular weight excluding hydrogens is 269 g/mol. The molecule has 1 aromatic carbocycles. The lowest BCUT2D eigenvalue weighted by Gasteiger charge is -2.32. The molecule has 0 aliphatic carbocycles. The van der Waals surface area contributed by atoms with Crippen LogP contribution in [-0.4, -0.2) is 37.4 Å². The van der Waals surface area contributed by atoms with Crippen LogP contribution in [0.1, 0.15) is 38.1 Å². The summed E-state index contributed by atoms with van der Waals surface area (Å²) in [5.74, 6) is 0.478. The Bertz CT molecular complexity index is 569. The van der Waals surface area contributed by atoms with E-state index in [0.29, 0.717) is 24.5 Å². The Morgan fingerprint density at radius 1 is 1.14 bits per heavy atom. The predicted octanol–water partition coefficient (Wildman–Crippen LogP) is 1.11. The average Bonchev–Trinajstić information content (AvgIpc) is 2.55. The lowest BCUT2D eigenvalue weighted by molar-refractivity contribution is 0.00578. The summed E-state index contributed by atoms with van der Waals surface area (Å²) in [4.78, 5) is 12.1. The number of amides is 1. The summed E-state index contributed by atoms with van der Waals surface area (Å²) in [6, 6.07) is 5.48. The van der Waals surface area contributed by atoms with Gasteiger partial charge in [0.05, 0.1) is 23.3 Å². The first-order chi connectivity index (χ1) is 9.80. The Morgan fingerprint density at radius 3 is 2.48 bits per heavy atom. The van der Waals surface area contributed by atoms with Crippen LogP contribution in [0.15, 0.2) is 18.2 Å². The molecule has 5 nitrogen and oxygen atoms in total. The molecule has 0 spiro atoms. The molecule has 2 aliphatic rings. The molecule has 2 aliphatic heterocycles. The molecule has 21 heavy (non-hydrogen) atoms. The van der Waals surface area contributed by atoms with Gasteiger partial charge in [0.15, 0.2) is 0 Å². The maximum atomic E-state index is 12.1. The van der Waals surface area contributed by atoms with Crippen LogP contribution in [0, 0.1) is 0 Å². The van der Waals surface area contributed by atoms with Gasteiger partial charge >= 0.3 is 7.12 Å². The number of ether oxygens (including phenoxy) is 1. The van der Waals surface area contributed by atoms with E-state index >= 15 is 0 Å². The lowest BCUT2D eigenvalue weighted by Crippen LogP contribution is -2.41. The molecule has 0 aromatic heterocycles. The van der Waals surface area contributed by atoms with Crippen molar-refractivity contribution in [2.24, 2.45) is 0 Å². The second-order valence-corrected chi connectivity index (χ2v) is 6.45. The molecule has 0 bridgehead atoms. The van der Waals surface area contributed by atoms with Crippen molar-refractivity contribution in [3.63, 3.8) is 0 Å². The van der Waals surface area contributed by atoms with E-state index in [1.807, 2.05) is 33.8 Å². The Kier molecular flexibility index (Phi) is 3.26. The summed E-state index contributed by atoms with van der Waals surface area (Å²) < 4.78 is 17.6. The number of hydrogen-bond donors (Lipinski definition) is 1. The highest BCUT2D eigenvalue weighted by Gasteiger charge is 2.51. The summed E-state index contributed by atoms with van der Waals surface area (Å²) in [6.07, 6.45) is 0. The fraction of sp³-hybridized carbons (Fsp3) is 0.533. The van der Waals surface area contributed by atoms with Crippen molar-refractivity contribution in [1.82, 2.24) is 5.32 Å². The molecule has 1 saturated heterocycles. The lowest BCUT2D eigenvalue weighted by atomic mass is 9.78. The summed E-state index contributed by atoms with van der Waals surface area (Å²) in [7, 11) is -0.476. The molecule has 0 unspecified atom stereocenters. The first-order valence-electron chi connectivity index (χ1n) is 7.21. The number of nitrogens with one attached hydrogen (secondary N) is 1. The molecular formula is C15H20BNO4. The number of rotatable bonds is 1. The highest BCUT2D eigenvalue weighted by atomic mass is 16.7. The second-order valence-electron chi connectivity index (χ2n) is 6.45. The molecule has 0 atom stereocenters. The van der Waals surface area contributed by atoms with Crippen LogP contribution in [0.5, 0.6) is 5.75 Å². The molecule has 1 amide bonds. The Balaban J connectivity index is 1.93. The molecule has 0 radical (unpaired) electrons. The summed E-state index contributed by atoms with van der Waals surface area (Å²) in [5.41, 5.74) is 0.555. The smallest absolute Gasteiger partial charge is 0.491 e. The molecule has 1 fully saturated rings. The van der Waals surface area contributed by atoms with Crippen LogP contribution >= 0.6 is 0 Å². The van der Waals surface area contributed by atoms with Gasteiger partial charge in [0.1, 0.15) is 12.4 Å². The summed E-state index contributed by atoms with van der Waals surface area (Å²) in [6.45, 7) is 9.02. The van der Waals surface area contributed by atoms with E-state index in [9.17, 15) is 4.79 Å². The van der Waals surface area contributed by atoms with E-state index < -0.39 is 18.3 Å². The highest BCUT2D eigenvalue weighted by molar-refractivity contribution is 6.62. The van der Waals surface area contributed by atoms with Crippen LogP contribution in [-0.2, 0) is 9.31 Å². The van der Waals surface area contributed by atoms with Crippen molar-refractivity contribution in [3.05, 3.63) is 23.8 Å². The van der Waals surface area contributed by atoms with Gasteiger partial charge in [0.25, 0.3) is 5.91 Å². The third kappa shape index (κ3) is 2.42. The van der Waals surface area contributed by atoms with E-state index in [2.05, 4.69) is 5.32 Å². The van der Waals surface area contributed by atoms with E-state index in [1.54, 1.807) is 12.1 Å². The van der Waals surface area contributed by atoms with Crippen molar-refractivity contribution in [2.45, 2.75) is 38.9 Å². The van der Waals surface area contributed by atoms with Gasteiger partial charge in [-0.1, -0.05) is 6.07 Å². The molecule has 1 N–H and O–H groups in total. The molecule has 0 saturated carbocycles. The monoisotopic (exact) mass is 289 g/mol. The van der Waals surface area contributed by atoms with Crippen LogP contribution in [0.25, 0.3) is 0 Å². The Hall–Kier alpha value is -1.53. The van der Waals surface area contributed by atoms with Gasteiger partial charge in [0.2, 0.25) is 0 Å². The minimum Gasteiger partial charge on any atom is -0.491 e. The molecule has 1 aromatic rings. The minimum absolute atomic E-state index is 0.124. The SMILES string of the molecule is CC1(C)OB(c2ccc3c(c2)C(=O)NCCO3)OC1(C)C. The third-order valence-corrected chi connectivity index (χ3v) is 4.42. The summed E-state index contributed by atoms with van der Waals surface area (Å²) >= 11 is 0. The number of carbonyl (C=O) groups excluding carboxylic acids is 1. The number of hydrogen-bond acceptors (Lipinski definition) is 4. The molecule has 3 rings (SSSR count). The van der Waals surface area contributed by atoms with E-state index in [-0.39, 0.29) is 5.91 Å². The van der Waals surface area contributed by atoms with Gasteiger partial charge in [-0.25, -0.2) is 0 Å². The third-order valence-electron chi connectivity index (χ3n) is 4.42. The van der Waals surface area contributed by atoms with Crippen molar-refractivity contribution in [2.75, 3.05) is 13.2 Å². The zero-order valence-corrected chi connectivity index (χ0v) is 12.9. The summed E-state index contributed by atoms with van der Waals surface area (Å²) in [5, 5.41) is 2.81. The van der Waals surface area contributed by atoms with Crippen LogP contribution in [0.4, 0.5) is 0 Å². The maximum absolute atomic E-state index is 12.1. The van der Waals surface area contributed by atoms with Gasteiger partial charge in [-0.05, 0) is 45.3 Å². The molecule has 112 valence electrons. The number of carbonyl (C=O) groups is 1. The largest absolute Gasteiger partial charge is 0.494 e. The van der Waals surface area contributed by atoms with Gasteiger partial charge in [0, 0.05) is 0 Å². The zero-order valence-electron chi connectivity index (χ0n) is 12.9. The van der Waals surface area contributed by atoms with Gasteiger partial charge < -0.3 is 19.4 Å². The van der Waals surface area contributed by atoms with E-state index in [4.69, 9.17) is 14.0 Å². The van der Waals surface area contributed by atoms with Crippen molar-refractivity contribution in [3.8, 4) is 5.75 Å². The maximum Gasteiger partial charge on any atom is 0.494 e. The van der Waals surface area contributed by atoms with Crippen LogP contribution in [0.3, 0.4) is 0 Å². The first-order valence-corrected chi connectivity index (χ1v) is 7.21. The van der Waals surface area contributed by atoms with E-state index in [0.717, 1.165) is 5.46 Å². The fourth-order valence-electron chi connectivity index (χ4n) is 2.40. The normalized spacial score (nSPS) is 23.0. The quantitative estimate of drug-likeness (QED) is 0.787. The standard InChI is InChI=1S/C15H20BNO4/c1-14(2)15(3,4)21-16(20-14)10-5-6-12-11(9-10)13(18)17-7-8-19-12/h5-6,9H,7-8H2,1-4H3,(H,17,18). The zero-order chi connectivity index (χ0) is 15.3.